The van der Waals surface area contributed by atoms with Gasteiger partial charge in [0.1, 0.15) is 18.5 Å². The Morgan fingerprint density at radius 3 is 3.00 bits per heavy atom. The summed E-state index contributed by atoms with van der Waals surface area (Å²) in [5.74, 6) is 0.663. The maximum atomic E-state index is 9.64. The number of hydrogen-bond donors (Lipinski definition) is 2. The Bertz CT molecular complexity index is 368. The molecule has 0 fully saturated rings. The summed E-state index contributed by atoms with van der Waals surface area (Å²) in [6.07, 6.45) is -0.548. The molecule has 0 aliphatic carbocycles. The second kappa shape index (κ2) is 7.33. The molecule has 4 heteroatoms. The van der Waals surface area contributed by atoms with E-state index in [-0.39, 0.29) is 6.61 Å². The third-order valence-electron chi connectivity index (χ3n) is 2.05. The molecule has 0 bridgehead atoms. The molecule has 0 amide bonds. The van der Waals surface area contributed by atoms with Crippen LogP contribution in [0.25, 0.3) is 0 Å². The van der Waals surface area contributed by atoms with Crippen LogP contribution in [0.15, 0.2) is 36.4 Å². The van der Waals surface area contributed by atoms with Crippen molar-refractivity contribution in [3.8, 4) is 5.75 Å². The highest BCUT2D eigenvalue weighted by Crippen LogP contribution is 2.17. The van der Waals surface area contributed by atoms with Crippen molar-refractivity contribution in [2.75, 3.05) is 19.7 Å². The number of aliphatic hydroxyl groups excluding tert-OH is 1. The molecule has 2 N–H and O–H groups in total. The minimum absolute atomic E-state index is 0.240. The van der Waals surface area contributed by atoms with Crippen LogP contribution in [0.1, 0.15) is 6.92 Å². The van der Waals surface area contributed by atoms with E-state index in [0.29, 0.717) is 23.9 Å². The fraction of sp³-hybridized carbons (Fsp3) is 0.385. The molecule has 1 unspecified atom stereocenters. The molecule has 17 heavy (non-hydrogen) atoms. The maximum absolute atomic E-state index is 9.64. The molecule has 0 heterocycles. The Morgan fingerprint density at radius 2 is 2.35 bits per heavy atom. The largest absolute Gasteiger partial charge is 0.491 e. The number of ether oxygens (including phenoxy) is 1. The Kier molecular flexibility index (Phi) is 6.05. The van der Waals surface area contributed by atoms with Gasteiger partial charge in [-0.15, -0.1) is 0 Å². The third kappa shape index (κ3) is 6.31. The first-order valence-corrected chi connectivity index (χ1v) is 5.87. The van der Waals surface area contributed by atoms with Crippen LogP contribution in [0.4, 0.5) is 0 Å². The Balaban J connectivity index is 2.23. The molecule has 0 aliphatic rings. The number of benzene rings is 1. The second-order valence-corrected chi connectivity index (χ2v) is 4.45. The number of nitrogens with one attached hydrogen (secondary N) is 1. The molecular weight excluding hydrogens is 238 g/mol. The van der Waals surface area contributed by atoms with Gasteiger partial charge in [-0.1, -0.05) is 29.8 Å². The van der Waals surface area contributed by atoms with Gasteiger partial charge in [-0.2, -0.15) is 0 Å². The van der Waals surface area contributed by atoms with Gasteiger partial charge in [0.25, 0.3) is 0 Å². The molecular formula is C13H18ClNO2. The van der Waals surface area contributed by atoms with Crippen molar-refractivity contribution >= 4 is 11.6 Å². The molecule has 0 saturated carbocycles. The van der Waals surface area contributed by atoms with Gasteiger partial charge in [-0.3, -0.25) is 0 Å². The average molecular weight is 256 g/mol. The monoisotopic (exact) mass is 255 g/mol. The van der Waals surface area contributed by atoms with Gasteiger partial charge >= 0.3 is 0 Å². The van der Waals surface area contributed by atoms with Gasteiger partial charge in [-0.25, -0.2) is 0 Å². The zero-order chi connectivity index (χ0) is 12.7. The molecule has 1 rings (SSSR count). The summed E-state index contributed by atoms with van der Waals surface area (Å²) >= 11 is 5.81. The number of halogens is 1. The highest BCUT2D eigenvalue weighted by atomic mass is 35.5. The van der Waals surface area contributed by atoms with E-state index in [1.165, 1.54) is 0 Å². The molecule has 1 atom stereocenters. The summed E-state index contributed by atoms with van der Waals surface area (Å²) in [7, 11) is 0. The first kappa shape index (κ1) is 14.0. The van der Waals surface area contributed by atoms with E-state index in [2.05, 4.69) is 11.9 Å². The SMILES string of the molecule is C=C(C)CNCC(O)COc1cccc(Cl)c1. The quantitative estimate of drug-likeness (QED) is 0.735. The predicted molar refractivity (Wildman–Crippen MR) is 70.6 cm³/mol. The Labute approximate surface area is 107 Å². The summed E-state index contributed by atoms with van der Waals surface area (Å²) < 4.78 is 5.41. The van der Waals surface area contributed by atoms with Gasteiger partial charge in [0.2, 0.25) is 0 Å². The topological polar surface area (TPSA) is 41.5 Å². The molecule has 0 aliphatic heterocycles. The Morgan fingerprint density at radius 1 is 1.59 bits per heavy atom. The zero-order valence-corrected chi connectivity index (χ0v) is 10.7. The third-order valence-corrected chi connectivity index (χ3v) is 2.28. The zero-order valence-electron chi connectivity index (χ0n) is 9.95. The minimum atomic E-state index is -0.548. The van der Waals surface area contributed by atoms with E-state index in [4.69, 9.17) is 16.3 Å². The lowest BCUT2D eigenvalue weighted by Gasteiger charge is -2.13. The number of aliphatic hydroxyl groups is 1. The van der Waals surface area contributed by atoms with Crippen molar-refractivity contribution in [2.45, 2.75) is 13.0 Å². The average Bonchev–Trinajstić information content (AvgIpc) is 2.26. The van der Waals surface area contributed by atoms with Crippen LogP contribution in [0, 0.1) is 0 Å². The lowest BCUT2D eigenvalue weighted by atomic mass is 10.3. The van der Waals surface area contributed by atoms with Gasteiger partial charge < -0.3 is 15.2 Å². The van der Waals surface area contributed by atoms with Crippen molar-refractivity contribution in [1.82, 2.24) is 5.32 Å². The second-order valence-electron chi connectivity index (χ2n) is 4.01. The standard InChI is InChI=1S/C13H18ClNO2/c1-10(2)7-15-8-12(16)9-17-13-5-3-4-11(14)6-13/h3-6,12,15-16H,1,7-9H2,2H3. The first-order chi connectivity index (χ1) is 8.08. The summed E-state index contributed by atoms with van der Waals surface area (Å²) in [4.78, 5) is 0. The van der Waals surface area contributed by atoms with Crippen LogP contribution < -0.4 is 10.1 Å². The fourth-order valence-electron chi connectivity index (χ4n) is 1.26. The van der Waals surface area contributed by atoms with Gasteiger partial charge in [0.05, 0.1) is 0 Å². The minimum Gasteiger partial charge on any atom is -0.491 e. The summed E-state index contributed by atoms with van der Waals surface area (Å²) in [5, 5.41) is 13.3. The van der Waals surface area contributed by atoms with E-state index in [0.717, 1.165) is 5.57 Å². The molecule has 94 valence electrons. The van der Waals surface area contributed by atoms with Gasteiger partial charge in [0.15, 0.2) is 0 Å². The van der Waals surface area contributed by atoms with Crippen molar-refractivity contribution in [2.24, 2.45) is 0 Å². The first-order valence-electron chi connectivity index (χ1n) is 5.49. The normalized spacial score (nSPS) is 12.2. The molecule has 0 spiro atoms. The molecule has 0 radical (unpaired) electrons. The summed E-state index contributed by atoms with van der Waals surface area (Å²) in [6, 6.07) is 7.11. The summed E-state index contributed by atoms with van der Waals surface area (Å²) in [5.41, 5.74) is 1.04. The van der Waals surface area contributed by atoms with Crippen molar-refractivity contribution in [1.29, 1.82) is 0 Å². The van der Waals surface area contributed by atoms with Crippen molar-refractivity contribution < 1.29 is 9.84 Å². The van der Waals surface area contributed by atoms with Crippen LogP contribution in [-0.4, -0.2) is 30.9 Å². The van der Waals surface area contributed by atoms with Crippen LogP contribution in [-0.2, 0) is 0 Å². The molecule has 1 aromatic rings. The number of hydrogen-bond acceptors (Lipinski definition) is 3. The maximum Gasteiger partial charge on any atom is 0.120 e. The lowest BCUT2D eigenvalue weighted by Crippen LogP contribution is -2.32. The van der Waals surface area contributed by atoms with Crippen molar-refractivity contribution in [3.63, 3.8) is 0 Å². The van der Waals surface area contributed by atoms with Crippen LogP contribution in [0.2, 0.25) is 5.02 Å². The molecule has 3 nitrogen and oxygen atoms in total. The predicted octanol–water partition coefficient (Wildman–Crippen LogP) is 2.25. The summed E-state index contributed by atoms with van der Waals surface area (Å²) in [6.45, 7) is 7.12. The van der Waals surface area contributed by atoms with E-state index >= 15 is 0 Å². The number of rotatable bonds is 7. The van der Waals surface area contributed by atoms with Gasteiger partial charge in [-0.05, 0) is 25.1 Å². The smallest absolute Gasteiger partial charge is 0.120 e. The highest BCUT2D eigenvalue weighted by Gasteiger charge is 2.04. The van der Waals surface area contributed by atoms with Crippen molar-refractivity contribution in [3.05, 3.63) is 41.4 Å². The van der Waals surface area contributed by atoms with E-state index in [1.807, 2.05) is 13.0 Å². The van der Waals surface area contributed by atoms with Crippen LogP contribution >= 0.6 is 11.6 Å². The van der Waals surface area contributed by atoms with Crippen LogP contribution in [0.5, 0.6) is 5.75 Å². The fourth-order valence-corrected chi connectivity index (χ4v) is 1.44. The van der Waals surface area contributed by atoms with E-state index < -0.39 is 6.10 Å². The molecule has 1 aromatic carbocycles. The molecule has 0 saturated heterocycles. The Hall–Kier alpha value is -1.03. The highest BCUT2D eigenvalue weighted by molar-refractivity contribution is 6.30. The van der Waals surface area contributed by atoms with Crippen LogP contribution in [0.3, 0.4) is 0 Å². The van der Waals surface area contributed by atoms with E-state index in [9.17, 15) is 5.11 Å². The molecule has 0 aromatic heterocycles. The lowest BCUT2D eigenvalue weighted by molar-refractivity contribution is 0.107. The van der Waals surface area contributed by atoms with Gasteiger partial charge in [0, 0.05) is 18.1 Å². The van der Waals surface area contributed by atoms with E-state index in [1.54, 1.807) is 18.2 Å².